The second kappa shape index (κ2) is 1.80. The molecule has 2 unspecified atom stereocenters. The molecule has 0 amide bonds. The maximum atomic E-state index is 9.69. The van der Waals surface area contributed by atoms with Crippen molar-refractivity contribution in [2.75, 3.05) is 0 Å². The fourth-order valence-corrected chi connectivity index (χ4v) is 2.96. The van der Waals surface area contributed by atoms with E-state index in [1.54, 1.807) is 0 Å². The van der Waals surface area contributed by atoms with E-state index in [-0.39, 0.29) is 17.1 Å². The molecule has 3 N–H and O–H groups in total. The van der Waals surface area contributed by atoms with Crippen LogP contribution < -0.4 is 5.73 Å². The zero-order chi connectivity index (χ0) is 8.28. The van der Waals surface area contributed by atoms with Crippen molar-refractivity contribution < 1.29 is 5.11 Å². The van der Waals surface area contributed by atoms with Crippen LogP contribution in [0, 0.1) is 11.3 Å². The van der Waals surface area contributed by atoms with Crippen LogP contribution in [0.4, 0.5) is 0 Å². The summed E-state index contributed by atoms with van der Waals surface area (Å²) in [4.78, 5) is 0. The molecule has 2 aliphatic carbocycles. The molecule has 0 spiro atoms. The van der Waals surface area contributed by atoms with Gasteiger partial charge in [-0.05, 0) is 30.6 Å². The van der Waals surface area contributed by atoms with Gasteiger partial charge in [0.25, 0.3) is 0 Å². The lowest BCUT2D eigenvalue weighted by Crippen LogP contribution is -2.54. The second-order valence-corrected chi connectivity index (χ2v) is 4.75. The first-order chi connectivity index (χ1) is 4.98. The molecule has 3 atom stereocenters. The molecule has 2 saturated carbocycles. The summed E-state index contributed by atoms with van der Waals surface area (Å²) in [6.45, 7) is 4.39. The van der Waals surface area contributed by atoms with E-state index < -0.39 is 0 Å². The summed E-state index contributed by atoms with van der Waals surface area (Å²) in [5, 5.41) is 9.69. The Balaban J connectivity index is 2.40. The van der Waals surface area contributed by atoms with Gasteiger partial charge in [0.2, 0.25) is 0 Å². The third-order valence-corrected chi connectivity index (χ3v) is 4.23. The lowest BCUT2D eigenvalue weighted by atomic mass is 9.76. The SMILES string of the molecule is CC1(C)C2CC[C@]1(N)C(O)C2. The molecule has 0 saturated heterocycles. The number of aliphatic hydroxyl groups excluding tert-OH is 1. The lowest BCUT2D eigenvalue weighted by molar-refractivity contribution is 0.0670. The van der Waals surface area contributed by atoms with Crippen molar-refractivity contribution in [3.8, 4) is 0 Å². The Labute approximate surface area is 67.8 Å². The van der Waals surface area contributed by atoms with E-state index in [1.165, 1.54) is 6.42 Å². The van der Waals surface area contributed by atoms with E-state index >= 15 is 0 Å². The minimum absolute atomic E-state index is 0.159. The highest BCUT2D eigenvalue weighted by atomic mass is 16.3. The van der Waals surface area contributed by atoms with Crippen LogP contribution in [-0.4, -0.2) is 16.7 Å². The summed E-state index contributed by atoms with van der Waals surface area (Å²) in [5.74, 6) is 0.655. The molecular formula is C9H17NO. The normalized spacial score (nSPS) is 53.5. The van der Waals surface area contributed by atoms with Crippen LogP contribution in [0.2, 0.25) is 0 Å². The number of fused-ring (bicyclic) bond motifs is 2. The summed E-state index contributed by atoms with van der Waals surface area (Å²) in [6, 6.07) is 0. The third kappa shape index (κ3) is 0.651. The van der Waals surface area contributed by atoms with Crippen molar-refractivity contribution in [3.05, 3.63) is 0 Å². The highest BCUT2D eigenvalue weighted by Gasteiger charge is 2.61. The van der Waals surface area contributed by atoms with Gasteiger partial charge in [0.1, 0.15) is 0 Å². The maximum Gasteiger partial charge on any atom is 0.0727 e. The molecule has 2 aliphatic rings. The standard InChI is InChI=1S/C9H17NO/c1-8(2)6-3-4-9(8,10)7(11)5-6/h6-7,11H,3-5,10H2,1-2H3/t6?,7?,9-/m0/s1. The zero-order valence-corrected chi connectivity index (χ0v) is 7.30. The average Bonchev–Trinajstić information content (AvgIpc) is 2.20. The summed E-state index contributed by atoms with van der Waals surface area (Å²) >= 11 is 0. The van der Waals surface area contributed by atoms with Crippen LogP contribution in [0.3, 0.4) is 0 Å². The Morgan fingerprint density at radius 1 is 1.45 bits per heavy atom. The van der Waals surface area contributed by atoms with Gasteiger partial charge in [0.05, 0.1) is 6.10 Å². The van der Waals surface area contributed by atoms with Gasteiger partial charge in [0, 0.05) is 5.54 Å². The summed E-state index contributed by atoms with van der Waals surface area (Å²) in [5.41, 5.74) is 6.05. The molecule has 0 aliphatic heterocycles. The Kier molecular flexibility index (Phi) is 1.24. The molecule has 2 fully saturated rings. The van der Waals surface area contributed by atoms with E-state index in [0.29, 0.717) is 5.92 Å². The van der Waals surface area contributed by atoms with Crippen molar-refractivity contribution in [1.82, 2.24) is 0 Å². The quantitative estimate of drug-likeness (QED) is 0.545. The van der Waals surface area contributed by atoms with Gasteiger partial charge in [0.15, 0.2) is 0 Å². The molecule has 0 radical (unpaired) electrons. The van der Waals surface area contributed by atoms with Gasteiger partial charge < -0.3 is 10.8 Å². The van der Waals surface area contributed by atoms with Crippen LogP contribution in [0.15, 0.2) is 0 Å². The third-order valence-electron chi connectivity index (χ3n) is 4.23. The van der Waals surface area contributed by atoms with Gasteiger partial charge in [-0.25, -0.2) is 0 Å². The van der Waals surface area contributed by atoms with Gasteiger partial charge in [-0.15, -0.1) is 0 Å². The molecule has 2 rings (SSSR count). The fraction of sp³-hybridized carbons (Fsp3) is 1.00. The van der Waals surface area contributed by atoms with E-state index in [1.807, 2.05) is 0 Å². The second-order valence-electron chi connectivity index (χ2n) is 4.75. The van der Waals surface area contributed by atoms with Gasteiger partial charge in [-0.2, -0.15) is 0 Å². The van der Waals surface area contributed by atoms with Gasteiger partial charge in [-0.3, -0.25) is 0 Å². The number of aliphatic hydroxyl groups is 1. The Bertz CT molecular complexity index is 190. The Hall–Kier alpha value is -0.0800. The van der Waals surface area contributed by atoms with Gasteiger partial charge >= 0.3 is 0 Å². The van der Waals surface area contributed by atoms with Crippen LogP contribution in [-0.2, 0) is 0 Å². The molecule has 11 heavy (non-hydrogen) atoms. The molecule has 0 aromatic heterocycles. The number of hydrogen-bond acceptors (Lipinski definition) is 2. The minimum Gasteiger partial charge on any atom is -0.391 e. The largest absolute Gasteiger partial charge is 0.391 e. The molecule has 0 aromatic rings. The first-order valence-corrected chi connectivity index (χ1v) is 4.45. The van der Waals surface area contributed by atoms with Crippen LogP contribution in [0.25, 0.3) is 0 Å². The number of hydrogen-bond donors (Lipinski definition) is 2. The zero-order valence-electron chi connectivity index (χ0n) is 7.30. The monoisotopic (exact) mass is 155 g/mol. The predicted octanol–water partition coefficient (Wildman–Crippen LogP) is 0.885. The first-order valence-electron chi connectivity index (χ1n) is 4.45. The van der Waals surface area contributed by atoms with Crippen LogP contribution in [0.1, 0.15) is 33.1 Å². The highest BCUT2D eigenvalue weighted by Crippen LogP contribution is 2.58. The fourth-order valence-electron chi connectivity index (χ4n) is 2.96. The molecule has 2 bridgehead atoms. The van der Waals surface area contributed by atoms with Gasteiger partial charge in [-0.1, -0.05) is 13.8 Å². The minimum atomic E-state index is -0.280. The molecule has 64 valence electrons. The summed E-state index contributed by atoms with van der Waals surface area (Å²) in [6.07, 6.45) is 2.88. The Morgan fingerprint density at radius 3 is 2.27 bits per heavy atom. The lowest BCUT2D eigenvalue weighted by Gasteiger charge is -2.36. The van der Waals surface area contributed by atoms with Crippen molar-refractivity contribution in [2.24, 2.45) is 17.1 Å². The van der Waals surface area contributed by atoms with Crippen molar-refractivity contribution in [2.45, 2.75) is 44.8 Å². The summed E-state index contributed by atoms with van der Waals surface area (Å²) in [7, 11) is 0. The molecule has 2 nitrogen and oxygen atoms in total. The maximum absolute atomic E-state index is 9.69. The van der Waals surface area contributed by atoms with Crippen molar-refractivity contribution >= 4 is 0 Å². The van der Waals surface area contributed by atoms with Crippen molar-refractivity contribution in [3.63, 3.8) is 0 Å². The molecule has 2 heteroatoms. The molecule has 0 heterocycles. The number of nitrogens with two attached hydrogens (primary N) is 1. The van der Waals surface area contributed by atoms with E-state index in [9.17, 15) is 5.11 Å². The van der Waals surface area contributed by atoms with E-state index in [4.69, 9.17) is 5.73 Å². The smallest absolute Gasteiger partial charge is 0.0727 e. The molecular weight excluding hydrogens is 138 g/mol. The first kappa shape index (κ1) is 7.56. The van der Waals surface area contributed by atoms with Crippen molar-refractivity contribution in [1.29, 1.82) is 0 Å². The van der Waals surface area contributed by atoms with E-state index in [2.05, 4.69) is 13.8 Å². The molecule has 0 aromatic carbocycles. The Morgan fingerprint density at radius 2 is 2.09 bits per heavy atom. The van der Waals surface area contributed by atoms with Crippen LogP contribution in [0.5, 0.6) is 0 Å². The van der Waals surface area contributed by atoms with Crippen LogP contribution >= 0.6 is 0 Å². The highest BCUT2D eigenvalue weighted by molar-refractivity contribution is 5.16. The number of rotatable bonds is 0. The van der Waals surface area contributed by atoms with E-state index in [0.717, 1.165) is 12.8 Å². The summed E-state index contributed by atoms with van der Waals surface area (Å²) < 4.78 is 0. The predicted molar refractivity (Wildman–Crippen MR) is 44.0 cm³/mol. The average molecular weight is 155 g/mol. The topological polar surface area (TPSA) is 46.2 Å².